The average molecular weight is 224 g/mol. The van der Waals surface area contributed by atoms with Crippen LogP contribution in [0, 0.1) is 13.8 Å². The van der Waals surface area contributed by atoms with Gasteiger partial charge in [-0.3, -0.25) is 4.79 Å². The molecule has 1 N–H and O–H groups in total. The highest BCUT2D eigenvalue weighted by molar-refractivity contribution is 5.93. The predicted octanol–water partition coefficient (Wildman–Crippen LogP) is 0.888. The molecule has 2 heterocycles. The molecule has 0 spiro atoms. The van der Waals surface area contributed by atoms with Gasteiger partial charge in [0.15, 0.2) is 5.89 Å². The van der Waals surface area contributed by atoms with Crippen LogP contribution in [0.25, 0.3) is 0 Å². The lowest BCUT2D eigenvalue weighted by Gasteiger charge is -2.45. The number of carbonyl (C=O) groups excluding carboxylic acids is 1. The topological polar surface area (TPSA) is 66.6 Å². The van der Waals surface area contributed by atoms with Crippen molar-refractivity contribution in [2.45, 2.75) is 32.8 Å². The second-order valence-electron chi connectivity index (χ2n) is 4.39. The van der Waals surface area contributed by atoms with Crippen LogP contribution in [0.15, 0.2) is 4.42 Å². The van der Waals surface area contributed by atoms with Crippen LogP contribution in [0.3, 0.4) is 0 Å². The first kappa shape index (κ1) is 11.1. The molecular weight excluding hydrogens is 208 g/mol. The molecular formula is C11H16N2O3. The number of carbonyl (C=O) groups is 1. The van der Waals surface area contributed by atoms with Crippen molar-refractivity contribution in [3.8, 4) is 0 Å². The number of β-amino-alcohol motifs (C(OH)–C–C–N with tert-alkyl or cyclic N) is 1. The SMILES string of the molecule is CCC1(O)CN(C(=O)c2oc(C)nc2C)C1. The van der Waals surface area contributed by atoms with Crippen LogP contribution in [0.5, 0.6) is 0 Å². The largest absolute Gasteiger partial charge is 0.436 e. The van der Waals surface area contributed by atoms with Crippen LogP contribution >= 0.6 is 0 Å². The Bertz CT molecular complexity index is 419. The van der Waals surface area contributed by atoms with Crippen LogP contribution in [-0.4, -0.2) is 39.6 Å². The minimum Gasteiger partial charge on any atom is -0.436 e. The summed E-state index contributed by atoms with van der Waals surface area (Å²) in [5.74, 6) is 0.596. The monoisotopic (exact) mass is 224 g/mol. The molecule has 2 rings (SSSR count). The van der Waals surface area contributed by atoms with Crippen LogP contribution in [0.4, 0.5) is 0 Å². The summed E-state index contributed by atoms with van der Waals surface area (Å²) in [4.78, 5) is 17.6. The first-order valence-electron chi connectivity index (χ1n) is 5.41. The molecule has 1 fully saturated rings. The molecule has 16 heavy (non-hydrogen) atoms. The molecule has 1 aliphatic heterocycles. The van der Waals surface area contributed by atoms with Gasteiger partial charge in [-0.1, -0.05) is 6.92 Å². The maximum Gasteiger partial charge on any atom is 0.291 e. The molecule has 1 aromatic heterocycles. The van der Waals surface area contributed by atoms with Gasteiger partial charge < -0.3 is 14.4 Å². The molecule has 1 saturated heterocycles. The quantitative estimate of drug-likeness (QED) is 0.810. The van der Waals surface area contributed by atoms with E-state index < -0.39 is 5.60 Å². The van der Waals surface area contributed by atoms with Crippen molar-refractivity contribution in [2.24, 2.45) is 0 Å². The lowest BCUT2D eigenvalue weighted by molar-refractivity contribution is -0.0835. The van der Waals surface area contributed by atoms with Crippen molar-refractivity contribution in [3.05, 3.63) is 17.3 Å². The van der Waals surface area contributed by atoms with Crippen molar-refractivity contribution in [3.63, 3.8) is 0 Å². The normalized spacial score (nSPS) is 18.4. The minimum atomic E-state index is -0.710. The van der Waals surface area contributed by atoms with Gasteiger partial charge in [0.1, 0.15) is 0 Å². The van der Waals surface area contributed by atoms with E-state index in [2.05, 4.69) is 4.98 Å². The van der Waals surface area contributed by atoms with Crippen molar-refractivity contribution in [2.75, 3.05) is 13.1 Å². The van der Waals surface area contributed by atoms with E-state index in [1.165, 1.54) is 0 Å². The zero-order chi connectivity index (χ0) is 11.9. The maximum absolute atomic E-state index is 11.9. The number of hydrogen-bond donors (Lipinski definition) is 1. The molecule has 5 nitrogen and oxygen atoms in total. The molecule has 5 heteroatoms. The van der Waals surface area contributed by atoms with Gasteiger partial charge in [0.05, 0.1) is 24.4 Å². The first-order chi connectivity index (χ1) is 7.45. The summed E-state index contributed by atoms with van der Waals surface area (Å²) in [5.41, 5.74) is -0.104. The van der Waals surface area contributed by atoms with E-state index in [0.29, 0.717) is 31.1 Å². The van der Waals surface area contributed by atoms with Gasteiger partial charge in [0.25, 0.3) is 5.91 Å². The van der Waals surface area contributed by atoms with E-state index >= 15 is 0 Å². The number of aromatic nitrogens is 1. The van der Waals surface area contributed by atoms with E-state index in [4.69, 9.17) is 4.42 Å². The summed E-state index contributed by atoms with van der Waals surface area (Å²) in [6, 6.07) is 0. The Kier molecular flexibility index (Phi) is 2.50. The number of likely N-dealkylation sites (tertiary alicyclic amines) is 1. The maximum atomic E-state index is 11.9. The highest BCUT2D eigenvalue weighted by Gasteiger charge is 2.43. The summed E-state index contributed by atoms with van der Waals surface area (Å²) in [5, 5.41) is 9.82. The number of aryl methyl sites for hydroxylation is 2. The molecule has 0 bridgehead atoms. The zero-order valence-electron chi connectivity index (χ0n) is 9.78. The fourth-order valence-electron chi connectivity index (χ4n) is 1.90. The highest BCUT2D eigenvalue weighted by Crippen LogP contribution is 2.26. The number of aliphatic hydroxyl groups is 1. The summed E-state index contributed by atoms with van der Waals surface area (Å²) < 4.78 is 5.25. The van der Waals surface area contributed by atoms with Crippen molar-refractivity contribution >= 4 is 5.91 Å². The molecule has 0 saturated carbocycles. The summed E-state index contributed by atoms with van der Waals surface area (Å²) >= 11 is 0. The second kappa shape index (κ2) is 3.59. The third-order valence-corrected chi connectivity index (χ3v) is 3.01. The van der Waals surface area contributed by atoms with E-state index in [1.54, 1.807) is 18.7 Å². The minimum absolute atomic E-state index is 0.184. The smallest absolute Gasteiger partial charge is 0.291 e. The van der Waals surface area contributed by atoms with Gasteiger partial charge in [-0.2, -0.15) is 0 Å². The fourth-order valence-corrected chi connectivity index (χ4v) is 1.90. The number of oxazole rings is 1. The summed E-state index contributed by atoms with van der Waals surface area (Å²) in [6.07, 6.45) is 0.658. The Labute approximate surface area is 94.1 Å². The van der Waals surface area contributed by atoms with Gasteiger partial charge in [0.2, 0.25) is 5.76 Å². The summed E-state index contributed by atoms with van der Waals surface area (Å²) in [6.45, 7) is 6.12. The lowest BCUT2D eigenvalue weighted by Crippen LogP contribution is -2.63. The Hall–Kier alpha value is -1.36. The van der Waals surface area contributed by atoms with Crippen molar-refractivity contribution < 1.29 is 14.3 Å². The lowest BCUT2D eigenvalue weighted by atomic mass is 9.91. The molecule has 0 radical (unpaired) electrons. The number of rotatable bonds is 2. The van der Waals surface area contributed by atoms with Gasteiger partial charge in [-0.15, -0.1) is 0 Å². The second-order valence-corrected chi connectivity index (χ2v) is 4.39. The van der Waals surface area contributed by atoms with Crippen LogP contribution in [0.1, 0.15) is 35.5 Å². The number of hydrogen-bond acceptors (Lipinski definition) is 4. The molecule has 0 unspecified atom stereocenters. The van der Waals surface area contributed by atoms with E-state index in [9.17, 15) is 9.90 Å². The molecule has 1 aliphatic rings. The first-order valence-corrected chi connectivity index (χ1v) is 5.41. The Balaban J connectivity index is 2.08. The van der Waals surface area contributed by atoms with Crippen molar-refractivity contribution in [1.29, 1.82) is 0 Å². The highest BCUT2D eigenvalue weighted by atomic mass is 16.4. The fraction of sp³-hybridized carbons (Fsp3) is 0.636. The number of nitrogens with zero attached hydrogens (tertiary/aromatic N) is 2. The van der Waals surface area contributed by atoms with E-state index in [1.807, 2.05) is 6.92 Å². The van der Waals surface area contributed by atoms with Gasteiger partial charge >= 0.3 is 0 Å². The van der Waals surface area contributed by atoms with Crippen molar-refractivity contribution in [1.82, 2.24) is 9.88 Å². The standard InChI is InChI=1S/C11H16N2O3/c1-4-11(15)5-13(6-11)10(14)9-7(2)12-8(3)16-9/h15H,4-6H2,1-3H3. The van der Waals surface area contributed by atoms with E-state index in [0.717, 1.165) is 0 Å². The third-order valence-electron chi connectivity index (χ3n) is 3.01. The molecule has 88 valence electrons. The van der Waals surface area contributed by atoms with Crippen LogP contribution < -0.4 is 0 Å². The molecule has 0 aromatic carbocycles. The molecule has 1 aromatic rings. The number of amides is 1. The third kappa shape index (κ3) is 1.71. The van der Waals surface area contributed by atoms with Crippen LogP contribution in [-0.2, 0) is 0 Å². The zero-order valence-corrected chi connectivity index (χ0v) is 9.78. The van der Waals surface area contributed by atoms with E-state index in [-0.39, 0.29) is 11.7 Å². The van der Waals surface area contributed by atoms with Gasteiger partial charge in [0, 0.05) is 6.92 Å². The predicted molar refractivity (Wildman–Crippen MR) is 57.1 cm³/mol. The van der Waals surface area contributed by atoms with Crippen LogP contribution in [0.2, 0.25) is 0 Å². The molecule has 0 aliphatic carbocycles. The van der Waals surface area contributed by atoms with Gasteiger partial charge in [-0.05, 0) is 13.3 Å². The average Bonchev–Trinajstić information content (AvgIpc) is 2.52. The molecule has 0 atom stereocenters. The Morgan fingerprint density at radius 1 is 1.56 bits per heavy atom. The summed E-state index contributed by atoms with van der Waals surface area (Å²) in [7, 11) is 0. The Morgan fingerprint density at radius 2 is 2.19 bits per heavy atom. The van der Waals surface area contributed by atoms with Gasteiger partial charge in [-0.25, -0.2) is 4.98 Å². The Morgan fingerprint density at radius 3 is 2.62 bits per heavy atom. The molecule has 1 amide bonds.